The van der Waals surface area contributed by atoms with Crippen LogP contribution in [0.5, 0.6) is 0 Å². The smallest absolute Gasteiger partial charge is 0.247 e. The Morgan fingerprint density at radius 2 is 0.958 bits per heavy atom. The molecule has 24 heavy (non-hydrogen) atoms. The number of hydrogen-bond acceptors (Lipinski definition) is 11. The summed E-state index contributed by atoms with van der Waals surface area (Å²) in [5.41, 5.74) is -3.30. The van der Waals surface area contributed by atoms with Crippen LogP contribution >= 0.6 is 0 Å². The van der Waals surface area contributed by atoms with Gasteiger partial charge in [-0.15, -0.1) is 0 Å². The zero-order chi connectivity index (χ0) is 18.2. The summed E-state index contributed by atoms with van der Waals surface area (Å²) in [5.74, 6) is 0. The highest BCUT2D eigenvalue weighted by atomic mass is 32.2. The van der Waals surface area contributed by atoms with Gasteiger partial charge in [-0.25, -0.2) is 0 Å². The van der Waals surface area contributed by atoms with Crippen LogP contribution in [-0.4, -0.2) is 118 Å². The summed E-state index contributed by atoms with van der Waals surface area (Å²) in [6.07, 6.45) is -13.1. The third kappa shape index (κ3) is 3.56. The Morgan fingerprint density at radius 3 is 1.25 bits per heavy atom. The molecular formula is C12H22O11S. The summed E-state index contributed by atoms with van der Waals surface area (Å²) < 4.78 is 22.8. The van der Waals surface area contributed by atoms with Crippen molar-refractivity contribution in [1.29, 1.82) is 0 Å². The monoisotopic (exact) mass is 374 g/mol. The SMILES string of the molecule is [O-][S+](C1O[C@H](CO)[C@@H](O)[C@H](O)[C@@H]1O)C1O[C@H](CO)[C@@H](O)[C@H](O)[C@@H]1O. The van der Waals surface area contributed by atoms with E-state index < -0.39 is 84.1 Å². The minimum Gasteiger partial charge on any atom is -0.612 e. The first-order chi connectivity index (χ1) is 11.2. The Bertz CT molecular complexity index is 374. The maximum atomic E-state index is 12.6. The third-order valence-corrected chi connectivity index (χ3v) is 5.85. The largest absolute Gasteiger partial charge is 0.612 e. The Kier molecular flexibility index (Phi) is 6.80. The molecule has 2 saturated heterocycles. The first kappa shape index (κ1) is 20.2. The second-order valence-electron chi connectivity index (χ2n) is 5.72. The van der Waals surface area contributed by atoms with Crippen molar-refractivity contribution in [2.45, 2.75) is 59.7 Å². The standard InChI is InChI=1S/C12H22O11S/c13-1-3-5(15)7(17)9(19)11(22-3)24(21)12-10(20)8(18)6(16)4(2-14)23-12/h3-20H,1-2H2/t3-,4-,5-,6-,7+,8+,9+,10+,11?,12?,24?/m1/s1. The molecule has 11 nitrogen and oxygen atoms in total. The van der Waals surface area contributed by atoms with Gasteiger partial charge in [0.05, 0.1) is 13.2 Å². The lowest BCUT2D eigenvalue weighted by Crippen LogP contribution is -2.66. The van der Waals surface area contributed by atoms with Gasteiger partial charge >= 0.3 is 0 Å². The number of rotatable bonds is 4. The van der Waals surface area contributed by atoms with Gasteiger partial charge in [0.2, 0.25) is 10.9 Å². The van der Waals surface area contributed by atoms with Gasteiger partial charge in [0.25, 0.3) is 0 Å². The van der Waals surface area contributed by atoms with Crippen molar-refractivity contribution in [2.24, 2.45) is 0 Å². The summed E-state index contributed by atoms with van der Waals surface area (Å²) in [5, 5.41) is 76.9. The molecule has 0 spiro atoms. The molecule has 0 aromatic rings. The molecule has 0 aromatic carbocycles. The van der Waals surface area contributed by atoms with E-state index in [9.17, 15) is 35.2 Å². The van der Waals surface area contributed by atoms with Crippen molar-refractivity contribution in [3.63, 3.8) is 0 Å². The molecule has 0 aromatic heterocycles. The highest BCUT2D eigenvalue weighted by Crippen LogP contribution is 2.32. The molecule has 2 aliphatic heterocycles. The predicted molar refractivity (Wildman–Crippen MR) is 75.7 cm³/mol. The molecule has 2 aliphatic rings. The Morgan fingerprint density at radius 1 is 0.625 bits per heavy atom. The van der Waals surface area contributed by atoms with E-state index in [2.05, 4.69) is 0 Å². The van der Waals surface area contributed by atoms with E-state index in [-0.39, 0.29) is 0 Å². The van der Waals surface area contributed by atoms with Crippen LogP contribution in [-0.2, 0) is 20.6 Å². The zero-order valence-corrected chi connectivity index (χ0v) is 13.2. The summed E-state index contributed by atoms with van der Waals surface area (Å²) in [4.78, 5) is 0. The average molecular weight is 374 g/mol. The number of ether oxygens (including phenoxy) is 2. The zero-order valence-electron chi connectivity index (χ0n) is 12.4. The van der Waals surface area contributed by atoms with Gasteiger partial charge in [0.15, 0.2) is 12.2 Å². The Hall–Kier alpha value is -0.0900. The van der Waals surface area contributed by atoms with E-state index in [0.717, 1.165) is 0 Å². The first-order valence-corrected chi connectivity index (χ1v) is 8.52. The molecule has 0 bridgehead atoms. The second kappa shape index (κ2) is 8.07. The summed E-state index contributed by atoms with van der Waals surface area (Å²) in [6.45, 7) is -1.46. The Labute approximate surface area is 139 Å². The fourth-order valence-corrected chi connectivity index (χ4v) is 4.29. The van der Waals surface area contributed by atoms with Crippen LogP contribution in [0.15, 0.2) is 0 Å². The summed E-state index contributed by atoms with van der Waals surface area (Å²) in [7, 11) is 0. The van der Waals surface area contributed by atoms with Gasteiger partial charge < -0.3 is 54.9 Å². The predicted octanol–water partition coefficient (Wildman–Crippen LogP) is -5.67. The maximum Gasteiger partial charge on any atom is 0.247 e. The van der Waals surface area contributed by atoms with Crippen molar-refractivity contribution < 1.29 is 54.9 Å². The van der Waals surface area contributed by atoms with Crippen LogP contribution in [0.2, 0.25) is 0 Å². The van der Waals surface area contributed by atoms with Gasteiger partial charge in [0, 0.05) is 11.2 Å². The van der Waals surface area contributed by atoms with Crippen LogP contribution in [0.25, 0.3) is 0 Å². The Balaban J connectivity index is 2.18. The molecule has 10 atom stereocenters. The number of aliphatic hydroxyl groups excluding tert-OH is 8. The maximum absolute atomic E-state index is 12.6. The van der Waals surface area contributed by atoms with Gasteiger partial charge in [0.1, 0.15) is 36.6 Å². The van der Waals surface area contributed by atoms with Crippen LogP contribution in [0.3, 0.4) is 0 Å². The van der Waals surface area contributed by atoms with Gasteiger partial charge in [-0.3, -0.25) is 0 Å². The minimum atomic E-state index is -2.38. The molecule has 2 rings (SSSR count). The normalized spacial score (nSPS) is 51.4. The minimum absolute atomic E-state index is 0.729. The highest BCUT2D eigenvalue weighted by molar-refractivity contribution is 7.92. The van der Waals surface area contributed by atoms with Crippen molar-refractivity contribution >= 4 is 11.2 Å². The van der Waals surface area contributed by atoms with E-state index in [1.807, 2.05) is 0 Å². The molecule has 142 valence electrons. The van der Waals surface area contributed by atoms with E-state index in [1.54, 1.807) is 0 Å². The first-order valence-electron chi connectivity index (χ1n) is 7.25. The van der Waals surface area contributed by atoms with Crippen LogP contribution in [0, 0.1) is 0 Å². The van der Waals surface area contributed by atoms with Crippen molar-refractivity contribution in [3.05, 3.63) is 0 Å². The lowest BCUT2D eigenvalue weighted by Gasteiger charge is -2.44. The molecule has 12 heteroatoms. The van der Waals surface area contributed by atoms with Crippen molar-refractivity contribution in [2.75, 3.05) is 13.2 Å². The van der Waals surface area contributed by atoms with E-state index >= 15 is 0 Å². The number of aliphatic hydroxyl groups is 8. The number of hydrogen-bond donors (Lipinski definition) is 8. The van der Waals surface area contributed by atoms with Gasteiger partial charge in [-0.2, -0.15) is 0 Å². The molecule has 2 fully saturated rings. The topological polar surface area (TPSA) is 203 Å². The van der Waals surface area contributed by atoms with E-state index in [0.29, 0.717) is 0 Å². The lowest BCUT2D eigenvalue weighted by molar-refractivity contribution is -0.218. The van der Waals surface area contributed by atoms with E-state index in [4.69, 9.17) is 19.7 Å². The lowest BCUT2D eigenvalue weighted by atomic mass is 10.0. The van der Waals surface area contributed by atoms with Crippen molar-refractivity contribution in [3.8, 4) is 0 Å². The second-order valence-corrected chi connectivity index (χ2v) is 7.31. The average Bonchev–Trinajstić information content (AvgIpc) is 2.58. The van der Waals surface area contributed by atoms with Gasteiger partial charge in [-0.1, -0.05) is 0 Å². The van der Waals surface area contributed by atoms with Crippen LogP contribution < -0.4 is 0 Å². The van der Waals surface area contributed by atoms with Gasteiger partial charge in [-0.05, 0) is 0 Å². The molecule has 0 amide bonds. The fraction of sp³-hybridized carbons (Fsp3) is 1.00. The summed E-state index contributed by atoms with van der Waals surface area (Å²) >= 11 is -2.38. The molecule has 2 heterocycles. The highest BCUT2D eigenvalue weighted by Gasteiger charge is 2.56. The molecular weight excluding hydrogens is 352 g/mol. The molecule has 0 aliphatic carbocycles. The quantitative estimate of drug-likeness (QED) is 0.218. The third-order valence-electron chi connectivity index (χ3n) is 4.15. The van der Waals surface area contributed by atoms with Crippen molar-refractivity contribution in [1.82, 2.24) is 0 Å². The summed E-state index contributed by atoms with van der Waals surface area (Å²) in [6, 6.07) is 0. The van der Waals surface area contributed by atoms with Crippen LogP contribution in [0.1, 0.15) is 0 Å². The molecule has 2 unspecified atom stereocenters. The van der Waals surface area contributed by atoms with E-state index in [1.165, 1.54) is 0 Å². The van der Waals surface area contributed by atoms with Crippen LogP contribution in [0.4, 0.5) is 0 Å². The molecule has 0 radical (unpaired) electrons. The molecule has 0 saturated carbocycles. The molecule has 8 N–H and O–H groups in total. The fourth-order valence-electron chi connectivity index (χ4n) is 2.65.